The molecule has 0 N–H and O–H groups in total. The summed E-state index contributed by atoms with van der Waals surface area (Å²) in [5, 5.41) is 0.722. The molecule has 2 aromatic heterocycles. The van der Waals surface area contributed by atoms with Gasteiger partial charge in [0.05, 0.1) is 5.39 Å². The second-order valence-corrected chi connectivity index (χ2v) is 7.39. The van der Waals surface area contributed by atoms with E-state index in [1.165, 1.54) is 4.90 Å². The number of thioether (sulfide) groups is 1. The van der Waals surface area contributed by atoms with Crippen LogP contribution in [0.3, 0.4) is 0 Å². The van der Waals surface area contributed by atoms with Crippen molar-refractivity contribution < 1.29 is 0 Å². The van der Waals surface area contributed by atoms with Crippen LogP contribution in [-0.2, 0) is 12.8 Å². The number of benzene rings is 1. The molecule has 2 heterocycles. The minimum atomic E-state index is 0.164. The molecule has 0 bridgehead atoms. The average Bonchev–Trinajstić information content (AvgIpc) is 2.63. The Morgan fingerprint density at radius 1 is 1.25 bits per heavy atom. The number of hydrogen-bond donors (Lipinski definition) is 0. The fraction of sp³-hybridized carbons (Fsp3) is 0.300. The van der Waals surface area contributed by atoms with Crippen molar-refractivity contribution in [2.75, 3.05) is 6.26 Å². The quantitative estimate of drug-likeness (QED) is 0.657. The first-order valence-electron chi connectivity index (χ1n) is 8.35. The van der Waals surface area contributed by atoms with Gasteiger partial charge in [-0.25, -0.2) is 4.98 Å². The second kappa shape index (κ2) is 6.10. The molecule has 1 atom stereocenters. The van der Waals surface area contributed by atoms with Crippen LogP contribution in [0.2, 0.25) is 0 Å². The summed E-state index contributed by atoms with van der Waals surface area (Å²) >= 11 is 1.73. The first kappa shape index (κ1) is 15.5. The largest absolute Gasteiger partial charge is 0.298 e. The Balaban J connectivity index is 2.10. The number of rotatable bonds is 2. The molecule has 24 heavy (non-hydrogen) atoms. The van der Waals surface area contributed by atoms with Crippen LogP contribution in [0.1, 0.15) is 24.6 Å². The Morgan fingerprint density at radius 3 is 2.96 bits per heavy atom. The molecule has 0 aliphatic heterocycles. The molecule has 1 aromatic carbocycles. The van der Waals surface area contributed by atoms with E-state index in [0.29, 0.717) is 5.92 Å². The SMILES string of the molecule is CSc1cccc(-n2c3c(c(=O)c4cccnc42)CC(C)CC3)c1. The van der Waals surface area contributed by atoms with E-state index in [2.05, 4.69) is 47.0 Å². The molecule has 0 spiro atoms. The van der Waals surface area contributed by atoms with Gasteiger partial charge in [-0.2, -0.15) is 0 Å². The van der Waals surface area contributed by atoms with Gasteiger partial charge in [0.25, 0.3) is 0 Å². The third kappa shape index (κ3) is 2.46. The summed E-state index contributed by atoms with van der Waals surface area (Å²) in [7, 11) is 0. The van der Waals surface area contributed by atoms with E-state index in [9.17, 15) is 4.79 Å². The van der Waals surface area contributed by atoms with E-state index in [-0.39, 0.29) is 5.43 Å². The van der Waals surface area contributed by atoms with E-state index >= 15 is 0 Å². The Morgan fingerprint density at radius 2 is 2.12 bits per heavy atom. The zero-order chi connectivity index (χ0) is 16.7. The predicted molar refractivity (Wildman–Crippen MR) is 100 cm³/mol. The van der Waals surface area contributed by atoms with Crippen LogP contribution < -0.4 is 5.43 Å². The normalized spacial score (nSPS) is 17.0. The summed E-state index contributed by atoms with van der Waals surface area (Å²) in [6, 6.07) is 12.2. The van der Waals surface area contributed by atoms with Crippen molar-refractivity contribution in [2.24, 2.45) is 5.92 Å². The van der Waals surface area contributed by atoms with Gasteiger partial charge in [-0.15, -0.1) is 11.8 Å². The Kier molecular flexibility index (Phi) is 3.93. The highest BCUT2D eigenvalue weighted by Crippen LogP contribution is 2.29. The van der Waals surface area contributed by atoms with Gasteiger partial charge >= 0.3 is 0 Å². The molecular weight excluding hydrogens is 316 g/mol. The smallest absolute Gasteiger partial charge is 0.194 e. The third-order valence-corrected chi connectivity index (χ3v) is 5.60. The maximum atomic E-state index is 13.0. The van der Waals surface area contributed by atoms with Crippen molar-refractivity contribution in [3.8, 4) is 5.69 Å². The second-order valence-electron chi connectivity index (χ2n) is 6.51. The Labute approximate surface area is 145 Å². The minimum absolute atomic E-state index is 0.164. The highest BCUT2D eigenvalue weighted by molar-refractivity contribution is 7.98. The summed E-state index contributed by atoms with van der Waals surface area (Å²) < 4.78 is 2.21. The highest BCUT2D eigenvalue weighted by atomic mass is 32.2. The van der Waals surface area contributed by atoms with Crippen molar-refractivity contribution in [3.05, 3.63) is 64.1 Å². The highest BCUT2D eigenvalue weighted by Gasteiger charge is 2.24. The van der Waals surface area contributed by atoms with Crippen LogP contribution >= 0.6 is 11.8 Å². The van der Waals surface area contributed by atoms with Crippen molar-refractivity contribution in [1.82, 2.24) is 9.55 Å². The lowest BCUT2D eigenvalue weighted by Crippen LogP contribution is -2.26. The summed E-state index contributed by atoms with van der Waals surface area (Å²) in [5.41, 5.74) is 4.15. The van der Waals surface area contributed by atoms with E-state index in [4.69, 9.17) is 0 Å². The first-order chi connectivity index (χ1) is 11.7. The summed E-state index contributed by atoms with van der Waals surface area (Å²) in [6.45, 7) is 2.23. The molecule has 3 nitrogen and oxygen atoms in total. The lowest BCUT2D eigenvalue weighted by Gasteiger charge is -2.26. The molecule has 4 rings (SSSR count). The third-order valence-electron chi connectivity index (χ3n) is 4.87. The van der Waals surface area contributed by atoms with Crippen LogP contribution in [-0.4, -0.2) is 15.8 Å². The number of aromatic nitrogens is 2. The minimum Gasteiger partial charge on any atom is -0.298 e. The molecule has 1 unspecified atom stereocenters. The number of fused-ring (bicyclic) bond motifs is 2. The summed E-state index contributed by atoms with van der Waals surface area (Å²) in [4.78, 5) is 18.7. The Bertz CT molecular complexity index is 977. The molecule has 0 fully saturated rings. The van der Waals surface area contributed by atoms with Crippen molar-refractivity contribution in [2.45, 2.75) is 31.1 Å². The predicted octanol–water partition coefficient (Wildman–Crippen LogP) is 4.23. The average molecular weight is 336 g/mol. The molecular formula is C20H20N2OS. The van der Waals surface area contributed by atoms with Crippen LogP contribution in [0.4, 0.5) is 0 Å². The fourth-order valence-electron chi connectivity index (χ4n) is 3.64. The zero-order valence-corrected chi connectivity index (χ0v) is 14.8. The monoisotopic (exact) mass is 336 g/mol. The van der Waals surface area contributed by atoms with Crippen LogP contribution in [0.25, 0.3) is 16.7 Å². The standard InChI is InChI=1S/C20H20N2OS/c1-13-8-9-18-17(11-13)19(23)16-7-4-10-21-20(16)22(18)14-5-3-6-15(12-14)24-2/h3-7,10,12-13H,8-9,11H2,1-2H3. The number of nitrogens with zero attached hydrogens (tertiary/aromatic N) is 2. The lowest BCUT2D eigenvalue weighted by molar-refractivity contribution is 0.488. The fourth-order valence-corrected chi connectivity index (χ4v) is 4.10. The Hall–Kier alpha value is -2.07. The maximum absolute atomic E-state index is 13.0. The zero-order valence-electron chi connectivity index (χ0n) is 14.0. The number of hydrogen-bond acceptors (Lipinski definition) is 3. The molecule has 0 radical (unpaired) electrons. The molecule has 0 saturated heterocycles. The summed E-state index contributed by atoms with van der Waals surface area (Å²) in [5.74, 6) is 0.560. The lowest BCUT2D eigenvalue weighted by atomic mass is 9.86. The van der Waals surface area contributed by atoms with Gasteiger partial charge in [0.2, 0.25) is 0 Å². The molecule has 0 saturated carbocycles. The molecule has 0 amide bonds. The van der Waals surface area contributed by atoms with Gasteiger partial charge < -0.3 is 0 Å². The van der Waals surface area contributed by atoms with Crippen molar-refractivity contribution in [1.29, 1.82) is 0 Å². The van der Waals surface area contributed by atoms with Crippen molar-refractivity contribution in [3.63, 3.8) is 0 Å². The number of pyridine rings is 2. The molecule has 3 aromatic rings. The van der Waals surface area contributed by atoms with Crippen LogP contribution in [0.15, 0.2) is 52.3 Å². The summed E-state index contributed by atoms with van der Waals surface area (Å²) in [6.07, 6.45) is 6.77. The molecule has 122 valence electrons. The maximum Gasteiger partial charge on any atom is 0.194 e. The van der Waals surface area contributed by atoms with Gasteiger partial charge in [0, 0.05) is 28.0 Å². The van der Waals surface area contributed by atoms with E-state index in [1.807, 2.05) is 12.1 Å². The van der Waals surface area contributed by atoms with E-state index in [1.54, 1.807) is 18.0 Å². The molecule has 1 aliphatic rings. The van der Waals surface area contributed by atoms with Crippen LogP contribution in [0.5, 0.6) is 0 Å². The van der Waals surface area contributed by atoms with E-state index < -0.39 is 0 Å². The topological polar surface area (TPSA) is 34.9 Å². The van der Waals surface area contributed by atoms with Gasteiger partial charge in [0.15, 0.2) is 5.43 Å². The van der Waals surface area contributed by atoms with Gasteiger partial charge in [-0.3, -0.25) is 9.36 Å². The molecule has 4 heteroatoms. The van der Waals surface area contributed by atoms with Gasteiger partial charge in [-0.1, -0.05) is 13.0 Å². The molecule has 1 aliphatic carbocycles. The first-order valence-corrected chi connectivity index (χ1v) is 9.57. The van der Waals surface area contributed by atoms with E-state index in [0.717, 1.165) is 47.2 Å². The van der Waals surface area contributed by atoms with Crippen LogP contribution in [0, 0.1) is 5.92 Å². The van der Waals surface area contributed by atoms with Gasteiger partial charge in [-0.05, 0) is 61.8 Å². The van der Waals surface area contributed by atoms with Crippen molar-refractivity contribution >= 4 is 22.8 Å². The van der Waals surface area contributed by atoms with Gasteiger partial charge in [0.1, 0.15) is 5.65 Å².